The van der Waals surface area contributed by atoms with Crippen molar-refractivity contribution in [2.24, 2.45) is 13.0 Å². The summed E-state index contributed by atoms with van der Waals surface area (Å²) < 4.78 is 15.7. The molecule has 1 aliphatic carbocycles. The van der Waals surface area contributed by atoms with E-state index in [2.05, 4.69) is 16.0 Å². The topological polar surface area (TPSA) is 115 Å². The molecule has 4 aromatic rings. The summed E-state index contributed by atoms with van der Waals surface area (Å²) in [6.45, 7) is 1.81. The van der Waals surface area contributed by atoms with Gasteiger partial charge in [0.25, 0.3) is 5.91 Å². The zero-order valence-corrected chi connectivity index (χ0v) is 20.4. The number of nitrogens with one attached hydrogen (secondary N) is 1. The third kappa shape index (κ3) is 3.86. The van der Waals surface area contributed by atoms with E-state index in [-0.39, 0.29) is 11.9 Å². The second-order valence-electron chi connectivity index (χ2n) is 9.85. The van der Waals surface area contributed by atoms with E-state index in [0.29, 0.717) is 42.3 Å². The van der Waals surface area contributed by atoms with Crippen LogP contribution in [0.15, 0.2) is 34.9 Å². The van der Waals surface area contributed by atoms with Crippen LogP contribution in [-0.2, 0) is 13.6 Å². The van der Waals surface area contributed by atoms with Crippen LogP contribution >= 0.6 is 0 Å². The molecular formula is C26H29N5O5. The minimum Gasteiger partial charge on any atom is -0.494 e. The van der Waals surface area contributed by atoms with Gasteiger partial charge < -0.3 is 33.6 Å². The van der Waals surface area contributed by atoms with Crippen LogP contribution < -0.4 is 10.1 Å². The Morgan fingerprint density at radius 2 is 2.08 bits per heavy atom. The van der Waals surface area contributed by atoms with Gasteiger partial charge in [-0.2, -0.15) is 0 Å². The van der Waals surface area contributed by atoms with Gasteiger partial charge in [0.2, 0.25) is 5.71 Å². The molecule has 1 aromatic carbocycles. The Labute approximate surface area is 207 Å². The number of furan rings is 1. The number of nitrogens with zero attached hydrogens (tertiary/aromatic N) is 4. The van der Waals surface area contributed by atoms with Crippen molar-refractivity contribution in [2.75, 3.05) is 20.2 Å². The van der Waals surface area contributed by atoms with Crippen LogP contribution in [0.2, 0.25) is 0 Å². The normalized spacial score (nSPS) is 18.2. The maximum atomic E-state index is 13.4. The molecular weight excluding hydrogens is 462 g/mol. The van der Waals surface area contributed by atoms with Gasteiger partial charge in [-0.3, -0.25) is 4.79 Å². The first-order valence-corrected chi connectivity index (χ1v) is 12.3. The highest BCUT2D eigenvalue weighted by molar-refractivity contribution is 6.00. The Kier molecular flexibility index (Phi) is 5.39. The van der Waals surface area contributed by atoms with Crippen LogP contribution in [0.5, 0.6) is 5.75 Å². The number of piperidine rings is 1. The number of benzene rings is 1. The number of likely N-dealkylation sites (tertiary alicyclic amines) is 1. The molecule has 0 bridgehead atoms. The Hall–Kier alpha value is -3.95. The molecule has 0 radical (unpaired) electrons. The molecule has 0 unspecified atom stereocenters. The minimum absolute atomic E-state index is 0.158. The summed E-state index contributed by atoms with van der Waals surface area (Å²) in [5, 5.41) is 12.6. The molecule has 1 saturated heterocycles. The first-order chi connectivity index (χ1) is 17.4. The molecule has 2 N–H and O–H groups in total. The standard InChI is InChI=1S/C26H29N5O5/c1-29-22-19(28-23(29)20-11-16-7-9-36-25(16)31(20)13-15-5-6-15)10-17(12-21(22)35-2)24(32)30-8-3-4-18(14-30)27-26(33)34/h7,9-12,15,18,27H,3-6,8,13-14H2,1-2H3,(H,33,34)/t18-/m1/s1. The SMILES string of the molecule is COc1cc(C(=O)N2CCC[C@@H](NC(=O)O)C2)cc2nc(-c3cc4ccoc4n3CC3CC3)n(C)c12. The van der Waals surface area contributed by atoms with E-state index in [4.69, 9.17) is 19.2 Å². The van der Waals surface area contributed by atoms with Crippen LogP contribution in [0.4, 0.5) is 4.79 Å². The van der Waals surface area contributed by atoms with Gasteiger partial charge in [-0.05, 0) is 55.9 Å². The first-order valence-electron chi connectivity index (χ1n) is 12.3. The summed E-state index contributed by atoms with van der Waals surface area (Å²) >= 11 is 0. The number of imidazole rings is 1. The van der Waals surface area contributed by atoms with E-state index in [1.807, 2.05) is 17.7 Å². The van der Waals surface area contributed by atoms with Crippen molar-refractivity contribution in [2.45, 2.75) is 38.3 Å². The molecule has 0 spiro atoms. The van der Waals surface area contributed by atoms with Gasteiger partial charge >= 0.3 is 6.09 Å². The number of aryl methyl sites for hydroxylation is 1. The third-order valence-electron chi connectivity index (χ3n) is 7.31. The molecule has 10 heteroatoms. The number of amides is 2. The molecule has 1 saturated carbocycles. The predicted molar refractivity (Wildman–Crippen MR) is 133 cm³/mol. The van der Waals surface area contributed by atoms with Crippen LogP contribution in [0.1, 0.15) is 36.0 Å². The summed E-state index contributed by atoms with van der Waals surface area (Å²) in [6, 6.07) is 7.34. The number of carbonyl (C=O) groups excluding carboxylic acids is 1. The fourth-order valence-corrected chi connectivity index (χ4v) is 5.36. The van der Waals surface area contributed by atoms with Crippen molar-refractivity contribution in [3.8, 4) is 17.3 Å². The highest BCUT2D eigenvalue weighted by Gasteiger charge is 2.29. The van der Waals surface area contributed by atoms with E-state index < -0.39 is 6.09 Å². The minimum atomic E-state index is -1.07. The second-order valence-corrected chi connectivity index (χ2v) is 9.85. The van der Waals surface area contributed by atoms with Crippen molar-refractivity contribution < 1.29 is 23.8 Å². The van der Waals surface area contributed by atoms with E-state index in [9.17, 15) is 9.59 Å². The third-order valence-corrected chi connectivity index (χ3v) is 7.31. The van der Waals surface area contributed by atoms with E-state index in [0.717, 1.165) is 41.1 Å². The molecule has 1 atom stereocenters. The number of hydrogen-bond acceptors (Lipinski definition) is 5. The zero-order chi connectivity index (χ0) is 25.0. The summed E-state index contributed by atoms with van der Waals surface area (Å²) in [4.78, 5) is 31.1. The first kappa shape index (κ1) is 22.5. The monoisotopic (exact) mass is 491 g/mol. The molecule has 10 nitrogen and oxygen atoms in total. The summed E-state index contributed by atoms with van der Waals surface area (Å²) in [5.74, 6) is 1.85. The molecule has 4 heterocycles. The van der Waals surface area contributed by atoms with E-state index in [1.165, 1.54) is 12.8 Å². The predicted octanol–water partition coefficient (Wildman–Crippen LogP) is 4.08. The van der Waals surface area contributed by atoms with Crippen molar-refractivity contribution in [3.63, 3.8) is 0 Å². The summed E-state index contributed by atoms with van der Waals surface area (Å²) in [5.41, 5.74) is 3.78. The average Bonchev–Trinajstić information content (AvgIpc) is 3.31. The van der Waals surface area contributed by atoms with Crippen LogP contribution in [0.3, 0.4) is 0 Å². The van der Waals surface area contributed by atoms with E-state index >= 15 is 0 Å². The van der Waals surface area contributed by atoms with Crippen LogP contribution in [-0.4, -0.2) is 62.4 Å². The maximum Gasteiger partial charge on any atom is 0.404 e. The molecule has 2 amide bonds. The number of carboxylic acid groups (broad SMARTS) is 1. The lowest BCUT2D eigenvalue weighted by molar-refractivity contribution is 0.0692. The van der Waals surface area contributed by atoms with Crippen LogP contribution in [0, 0.1) is 5.92 Å². The lowest BCUT2D eigenvalue weighted by atomic mass is 10.0. The molecule has 36 heavy (non-hydrogen) atoms. The Bertz CT molecular complexity index is 1480. The Morgan fingerprint density at radius 1 is 1.25 bits per heavy atom. The lowest BCUT2D eigenvalue weighted by Crippen LogP contribution is -2.49. The summed E-state index contributed by atoms with van der Waals surface area (Å²) in [7, 11) is 3.55. The van der Waals surface area contributed by atoms with E-state index in [1.54, 1.807) is 30.4 Å². The average molecular weight is 492 g/mol. The van der Waals surface area contributed by atoms with Crippen molar-refractivity contribution in [3.05, 3.63) is 36.1 Å². The molecule has 3 aromatic heterocycles. The zero-order valence-electron chi connectivity index (χ0n) is 20.4. The number of methoxy groups -OCH3 is 1. The van der Waals surface area contributed by atoms with Gasteiger partial charge in [0, 0.05) is 43.7 Å². The Balaban J connectivity index is 1.39. The Morgan fingerprint density at radius 3 is 2.83 bits per heavy atom. The van der Waals surface area contributed by atoms with Gasteiger partial charge in [-0.1, -0.05) is 0 Å². The highest BCUT2D eigenvalue weighted by Crippen LogP contribution is 2.38. The van der Waals surface area contributed by atoms with Gasteiger partial charge in [0.1, 0.15) is 11.3 Å². The molecule has 188 valence electrons. The number of aromatic nitrogens is 3. The second kappa shape index (κ2) is 8.61. The number of ether oxygens (including phenoxy) is 1. The molecule has 2 fully saturated rings. The fraction of sp³-hybridized carbons (Fsp3) is 0.423. The number of rotatable bonds is 6. The smallest absolute Gasteiger partial charge is 0.404 e. The summed E-state index contributed by atoms with van der Waals surface area (Å²) in [6.07, 6.45) is 4.54. The van der Waals surface area contributed by atoms with Gasteiger partial charge in [-0.15, -0.1) is 0 Å². The van der Waals surface area contributed by atoms with Crippen molar-refractivity contribution >= 4 is 34.1 Å². The van der Waals surface area contributed by atoms with Crippen molar-refractivity contribution in [1.29, 1.82) is 0 Å². The lowest BCUT2D eigenvalue weighted by Gasteiger charge is -2.32. The largest absolute Gasteiger partial charge is 0.494 e. The number of fused-ring (bicyclic) bond motifs is 2. The fourth-order valence-electron chi connectivity index (χ4n) is 5.36. The molecule has 6 rings (SSSR count). The van der Waals surface area contributed by atoms with Gasteiger partial charge in [-0.25, -0.2) is 9.78 Å². The number of hydrogen-bond donors (Lipinski definition) is 2. The highest BCUT2D eigenvalue weighted by atomic mass is 16.5. The maximum absolute atomic E-state index is 13.4. The number of carbonyl (C=O) groups is 2. The molecule has 2 aliphatic rings. The molecule has 1 aliphatic heterocycles. The quantitative estimate of drug-likeness (QED) is 0.420. The van der Waals surface area contributed by atoms with Crippen molar-refractivity contribution in [1.82, 2.24) is 24.3 Å². The van der Waals surface area contributed by atoms with Gasteiger partial charge in [0.15, 0.2) is 5.82 Å². The van der Waals surface area contributed by atoms with Crippen LogP contribution in [0.25, 0.3) is 33.7 Å². The van der Waals surface area contributed by atoms with Gasteiger partial charge in [0.05, 0.1) is 24.6 Å².